The smallest absolute Gasteiger partial charge is 0.0399 e. The highest BCUT2D eigenvalue weighted by atomic mass is 35.5. The van der Waals surface area contributed by atoms with E-state index in [1.165, 1.54) is 18.5 Å². The molecule has 2 nitrogen and oxygen atoms in total. The molecule has 2 atom stereocenters. The van der Waals surface area contributed by atoms with Gasteiger partial charge in [0.05, 0.1) is 0 Å². The number of halogens is 1. The van der Waals surface area contributed by atoms with Crippen molar-refractivity contribution in [3.05, 3.63) is 24.5 Å². The Hall–Kier alpha value is -0.760. The first-order valence-electron chi connectivity index (χ1n) is 5.59. The molecule has 2 rings (SSSR count). The molecule has 0 amide bonds. The van der Waals surface area contributed by atoms with Gasteiger partial charge >= 0.3 is 0 Å². The Morgan fingerprint density at radius 2 is 2.20 bits per heavy atom. The third-order valence-electron chi connectivity index (χ3n) is 3.30. The topological polar surface area (TPSA) is 16.1 Å². The van der Waals surface area contributed by atoms with E-state index in [0.29, 0.717) is 12.0 Å². The number of anilines is 1. The summed E-state index contributed by atoms with van der Waals surface area (Å²) in [6.07, 6.45) is 6.09. The maximum atomic E-state index is 6.00. The van der Waals surface area contributed by atoms with Crippen molar-refractivity contribution in [3.8, 4) is 0 Å². The zero-order valence-corrected chi connectivity index (χ0v) is 9.82. The molecule has 0 N–H and O–H groups in total. The predicted molar refractivity (Wildman–Crippen MR) is 64.5 cm³/mol. The molecule has 15 heavy (non-hydrogen) atoms. The molecule has 1 aliphatic heterocycles. The highest BCUT2D eigenvalue weighted by molar-refractivity contribution is 6.18. The zero-order chi connectivity index (χ0) is 10.7. The van der Waals surface area contributed by atoms with Crippen LogP contribution >= 0.6 is 11.6 Å². The molecule has 2 heterocycles. The SMILES string of the molecule is CCC1C(CCl)CCN1c1ccncc1. The molecule has 1 aromatic rings. The molecular weight excluding hydrogens is 208 g/mol. The van der Waals surface area contributed by atoms with Gasteiger partial charge in [-0.05, 0) is 30.9 Å². The fraction of sp³-hybridized carbons (Fsp3) is 0.583. The first kappa shape index (κ1) is 10.7. The Kier molecular flexibility index (Phi) is 3.47. The number of aromatic nitrogens is 1. The summed E-state index contributed by atoms with van der Waals surface area (Å²) in [7, 11) is 0. The average molecular weight is 225 g/mol. The van der Waals surface area contributed by atoms with Crippen LogP contribution in [0, 0.1) is 5.92 Å². The first-order valence-corrected chi connectivity index (χ1v) is 6.13. The lowest BCUT2D eigenvalue weighted by atomic mass is 10.0. The van der Waals surface area contributed by atoms with Crippen LogP contribution in [0.15, 0.2) is 24.5 Å². The van der Waals surface area contributed by atoms with E-state index in [1.54, 1.807) is 0 Å². The minimum atomic E-state index is 0.602. The number of hydrogen-bond acceptors (Lipinski definition) is 2. The van der Waals surface area contributed by atoms with Crippen LogP contribution < -0.4 is 4.90 Å². The lowest BCUT2D eigenvalue weighted by Gasteiger charge is -2.28. The summed E-state index contributed by atoms with van der Waals surface area (Å²) in [5.41, 5.74) is 1.28. The molecule has 3 heteroatoms. The zero-order valence-electron chi connectivity index (χ0n) is 9.06. The molecule has 0 radical (unpaired) electrons. The molecule has 0 saturated carbocycles. The Bertz CT molecular complexity index is 302. The maximum Gasteiger partial charge on any atom is 0.0399 e. The summed E-state index contributed by atoms with van der Waals surface area (Å²) in [5, 5.41) is 0. The van der Waals surface area contributed by atoms with Crippen molar-refractivity contribution < 1.29 is 0 Å². The molecule has 1 saturated heterocycles. The molecule has 2 unspecified atom stereocenters. The van der Waals surface area contributed by atoms with E-state index in [0.717, 1.165) is 12.4 Å². The summed E-state index contributed by atoms with van der Waals surface area (Å²) in [5.74, 6) is 1.42. The van der Waals surface area contributed by atoms with Gasteiger partial charge in [-0.2, -0.15) is 0 Å². The Labute approximate surface area is 96.3 Å². The normalized spacial score (nSPS) is 25.9. The highest BCUT2D eigenvalue weighted by Gasteiger charge is 2.31. The van der Waals surface area contributed by atoms with Crippen LogP contribution in [0.2, 0.25) is 0 Å². The Morgan fingerprint density at radius 3 is 2.80 bits per heavy atom. The van der Waals surface area contributed by atoms with E-state index >= 15 is 0 Å². The number of pyridine rings is 1. The van der Waals surface area contributed by atoms with Gasteiger partial charge < -0.3 is 4.90 Å². The average Bonchev–Trinajstić information content (AvgIpc) is 2.72. The van der Waals surface area contributed by atoms with Crippen molar-refractivity contribution in [2.24, 2.45) is 5.92 Å². The third-order valence-corrected chi connectivity index (χ3v) is 3.69. The van der Waals surface area contributed by atoms with E-state index in [1.807, 2.05) is 12.4 Å². The van der Waals surface area contributed by atoms with Gasteiger partial charge in [0.25, 0.3) is 0 Å². The summed E-state index contributed by atoms with van der Waals surface area (Å²) >= 11 is 6.00. The highest BCUT2D eigenvalue weighted by Crippen LogP contribution is 2.31. The summed E-state index contributed by atoms with van der Waals surface area (Å²) in [6.45, 7) is 3.36. The first-order chi connectivity index (χ1) is 7.36. The summed E-state index contributed by atoms with van der Waals surface area (Å²) < 4.78 is 0. The monoisotopic (exact) mass is 224 g/mol. The van der Waals surface area contributed by atoms with E-state index < -0.39 is 0 Å². The third kappa shape index (κ3) is 2.10. The van der Waals surface area contributed by atoms with Gasteiger partial charge in [-0.1, -0.05) is 6.92 Å². The van der Waals surface area contributed by atoms with Crippen LogP contribution in [0.5, 0.6) is 0 Å². The van der Waals surface area contributed by atoms with Crippen molar-refractivity contribution >= 4 is 17.3 Å². The number of alkyl halides is 1. The quantitative estimate of drug-likeness (QED) is 0.734. The molecule has 0 bridgehead atoms. The van der Waals surface area contributed by atoms with Crippen molar-refractivity contribution in [1.82, 2.24) is 4.98 Å². The number of nitrogens with zero attached hydrogens (tertiary/aromatic N) is 2. The van der Waals surface area contributed by atoms with Crippen LogP contribution in [0.4, 0.5) is 5.69 Å². The maximum absolute atomic E-state index is 6.00. The van der Waals surface area contributed by atoms with Crippen molar-refractivity contribution in [1.29, 1.82) is 0 Å². The molecule has 0 aliphatic carbocycles. The second kappa shape index (κ2) is 4.84. The van der Waals surface area contributed by atoms with E-state index in [9.17, 15) is 0 Å². The second-order valence-electron chi connectivity index (χ2n) is 4.08. The van der Waals surface area contributed by atoms with Crippen LogP contribution in [0.1, 0.15) is 19.8 Å². The van der Waals surface area contributed by atoms with Gasteiger partial charge in [0.2, 0.25) is 0 Å². The van der Waals surface area contributed by atoms with Gasteiger partial charge in [-0.15, -0.1) is 11.6 Å². The van der Waals surface area contributed by atoms with E-state index in [-0.39, 0.29) is 0 Å². The minimum Gasteiger partial charge on any atom is -0.368 e. The second-order valence-corrected chi connectivity index (χ2v) is 4.39. The van der Waals surface area contributed by atoms with Crippen LogP contribution in [-0.4, -0.2) is 23.5 Å². The fourth-order valence-electron chi connectivity index (χ4n) is 2.51. The molecular formula is C12H17ClN2. The summed E-state index contributed by atoms with van der Waals surface area (Å²) in [6, 6.07) is 4.77. The van der Waals surface area contributed by atoms with Gasteiger partial charge in [-0.25, -0.2) is 0 Å². The predicted octanol–water partition coefficient (Wildman–Crippen LogP) is 2.93. The molecule has 1 aliphatic rings. The van der Waals surface area contributed by atoms with E-state index in [2.05, 4.69) is 28.9 Å². The Morgan fingerprint density at radius 1 is 1.47 bits per heavy atom. The fourth-order valence-corrected chi connectivity index (χ4v) is 2.87. The van der Waals surface area contributed by atoms with Gasteiger partial charge in [-0.3, -0.25) is 4.98 Å². The van der Waals surface area contributed by atoms with Crippen molar-refractivity contribution in [3.63, 3.8) is 0 Å². The van der Waals surface area contributed by atoms with Gasteiger partial charge in [0, 0.05) is 36.5 Å². The standard InChI is InChI=1S/C12H17ClN2/c1-2-12-10(9-13)5-8-15(12)11-3-6-14-7-4-11/h3-4,6-7,10,12H,2,5,8-9H2,1H3. The summed E-state index contributed by atoms with van der Waals surface area (Å²) in [4.78, 5) is 6.52. The molecule has 1 aromatic heterocycles. The van der Waals surface area contributed by atoms with Crippen molar-refractivity contribution in [2.75, 3.05) is 17.3 Å². The lowest BCUT2D eigenvalue weighted by Crippen LogP contribution is -2.32. The molecule has 1 fully saturated rings. The minimum absolute atomic E-state index is 0.602. The van der Waals surface area contributed by atoms with Gasteiger partial charge in [0.1, 0.15) is 0 Å². The van der Waals surface area contributed by atoms with E-state index in [4.69, 9.17) is 11.6 Å². The number of rotatable bonds is 3. The van der Waals surface area contributed by atoms with Gasteiger partial charge in [0.15, 0.2) is 0 Å². The molecule has 0 spiro atoms. The van der Waals surface area contributed by atoms with Crippen LogP contribution in [0.3, 0.4) is 0 Å². The van der Waals surface area contributed by atoms with Crippen LogP contribution in [0.25, 0.3) is 0 Å². The van der Waals surface area contributed by atoms with Crippen molar-refractivity contribution in [2.45, 2.75) is 25.8 Å². The van der Waals surface area contributed by atoms with Crippen LogP contribution in [-0.2, 0) is 0 Å². The molecule has 82 valence electrons. The Balaban J connectivity index is 2.17. The number of hydrogen-bond donors (Lipinski definition) is 0. The molecule has 0 aromatic carbocycles. The lowest BCUT2D eigenvalue weighted by molar-refractivity contribution is 0.504. The largest absolute Gasteiger partial charge is 0.368 e.